The second-order valence-corrected chi connectivity index (χ2v) is 3.34. The molecule has 84 valence electrons. The average molecular weight is 232 g/mol. The summed E-state index contributed by atoms with van der Waals surface area (Å²) < 4.78 is 4.86. The maximum absolute atomic E-state index is 11.9. The van der Waals surface area contributed by atoms with Gasteiger partial charge >= 0.3 is 0 Å². The van der Waals surface area contributed by atoms with Gasteiger partial charge < -0.3 is 14.7 Å². The molecule has 2 heterocycles. The Bertz CT molecular complexity index is 334. The molecule has 1 aromatic heterocycles. The zero-order chi connectivity index (χ0) is 9.97. The third-order valence-corrected chi connectivity index (χ3v) is 2.39. The van der Waals surface area contributed by atoms with Crippen molar-refractivity contribution in [1.82, 2.24) is 15.4 Å². The van der Waals surface area contributed by atoms with Crippen molar-refractivity contribution in [2.45, 2.75) is 6.92 Å². The molecule has 0 aromatic carbocycles. The summed E-state index contributed by atoms with van der Waals surface area (Å²) in [6, 6.07) is 0. The van der Waals surface area contributed by atoms with Crippen molar-refractivity contribution >= 4 is 18.3 Å². The predicted octanol–water partition coefficient (Wildman–Crippen LogP) is 0.450. The van der Waals surface area contributed by atoms with E-state index in [9.17, 15) is 4.79 Å². The first-order chi connectivity index (χ1) is 6.79. The summed E-state index contributed by atoms with van der Waals surface area (Å²) in [5, 5.41) is 6.80. The molecule has 1 aliphatic rings. The number of aryl methyl sites for hydroxylation is 1. The van der Waals surface area contributed by atoms with Crippen LogP contribution in [0.1, 0.15) is 16.1 Å². The van der Waals surface area contributed by atoms with Crippen molar-refractivity contribution in [2.24, 2.45) is 0 Å². The van der Waals surface area contributed by atoms with E-state index in [0.29, 0.717) is 11.3 Å². The highest BCUT2D eigenvalue weighted by molar-refractivity contribution is 5.94. The van der Waals surface area contributed by atoms with Gasteiger partial charge in [-0.15, -0.1) is 12.4 Å². The lowest BCUT2D eigenvalue weighted by atomic mass is 10.2. The molecule has 1 fully saturated rings. The predicted molar refractivity (Wildman–Crippen MR) is 57.3 cm³/mol. The first-order valence-corrected chi connectivity index (χ1v) is 4.70. The van der Waals surface area contributed by atoms with Crippen LogP contribution >= 0.6 is 12.4 Å². The number of nitrogens with one attached hydrogen (secondary N) is 1. The van der Waals surface area contributed by atoms with Gasteiger partial charge in [0, 0.05) is 26.2 Å². The molecule has 0 bridgehead atoms. The van der Waals surface area contributed by atoms with E-state index in [-0.39, 0.29) is 18.3 Å². The summed E-state index contributed by atoms with van der Waals surface area (Å²) in [7, 11) is 0. The van der Waals surface area contributed by atoms with Gasteiger partial charge in [0.2, 0.25) is 0 Å². The SMILES string of the molecule is Cc1oncc1C(=O)N1CCNCC1.Cl. The minimum absolute atomic E-state index is 0. The van der Waals surface area contributed by atoms with E-state index < -0.39 is 0 Å². The molecule has 1 N–H and O–H groups in total. The fraction of sp³-hybridized carbons (Fsp3) is 0.556. The molecule has 0 radical (unpaired) electrons. The molecule has 2 rings (SSSR count). The molecule has 1 amide bonds. The maximum Gasteiger partial charge on any atom is 0.259 e. The van der Waals surface area contributed by atoms with E-state index in [2.05, 4.69) is 10.5 Å². The van der Waals surface area contributed by atoms with E-state index in [1.54, 1.807) is 6.92 Å². The molecule has 0 saturated carbocycles. The number of piperazine rings is 1. The summed E-state index contributed by atoms with van der Waals surface area (Å²) in [5.41, 5.74) is 0.576. The Balaban J connectivity index is 0.00000112. The van der Waals surface area contributed by atoms with Crippen LogP contribution in [0, 0.1) is 6.92 Å². The fourth-order valence-corrected chi connectivity index (χ4v) is 1.54. The quantitative estimate of drug-likeness (QED) is 0.763. The third kappa shape index (κ3) is 2.49. The Labute approximate surface area is 94.2 Å². The average Bonchev–Trinajstić information content (AvgIpc) is 2.65. The molecule has 0 spiro atoms. The molecule has 0 unspecified atom stereocenters. The standard InChI is InChI=1S/C9H13N3O2.ClH/c1-7-8(6-11-14-7)9(13)12-4-2-10-3-5-12;/h6,10H,2-5H2,1H3;1H. The summed E-state index contributed by atoms with van der Waals surface area (Å²) in [6.45, 7) is 4.97. The Morgan fingerprint density at radius 1 is 1.53 bits per heavy atom. The molecule has 1 aromatic rings. The number of hydrogen-bond donors (Lipinski definition) is 1. The highest BCUT2D eigenvalue weighted by Gasteiger charge is 2.21. The number of hydrogen-bond acceptors (Lipinski definition) is 4. The minimum Gasteiger partial charge on any atom is -0.361 e. The zero-order valence-electron chi connectivity index (χ0n) is 8.52. The number of amides is 1. The van der Waals surface area contributed by atoms with Crippen LogP contribution in [0.15, 0.2) is 10.7 Å². The van der Waals surface area contributed by atoms with Gasteiger partial charge in [0.25, 0.3) is 5.91 Å². The second kappa shape index (κ2) is 5.14. The van der Waals surface area contributed by atoms with Crippen molar-refractivity contribution in [3.63, 3.8) is 0 Å². The first kappa shape index (κ1) is 12.0. The van der Waals surface area contributed by atoms with Gasteiger partial charge in [-0.2, -0.15) is 0 Å². The molecule has 6 heteroatoms. The summed E-state index contributed by atoms with van der Waals surface area (Å²) in [5.74, 6) is 0.610. The fourth-order valence-electron chi connectivity index (χ4n) is 1.54. The lowest BCUT2D eigenvalue weighted by Gasteiger charge is -2.26. The van der Waals surface area contributed by atoms with E-state index in [4.69, 9.17) is 4.52 Å². The van der Waals surface area contributed by atoms with Gasteiger partial charge in [-0.05, 0) is 6.92 Å². The van der Waals surface area contributed by atoms with Crippen LogP contribution in [0.5, 0.6) is 0 Å². The normalized spacial score (nSPS) is 15.9. The van der Waals surface area contributed by atoms with Crippen LogP contribution in [0.25, 0.3) is 0 Å². The van der Waals surface area contributed by atoms with Crippen LogP contribution in [0.3, 0.4) is 0 Å². The molecule has 15 heavy (non-hydrogen) atoms. The summed E-state index contributed by atoms with van der Waals surface area (Å²) in [4.78, 5) is 13.7. The smallest absolute Gasteiger partial charge is 0.259 e. The topological polar surface area (TPSA) is 58.4 Å². The second-order valence-electron chi connectivity index (χ2n) is 3.34. The van der Waals surface area contributed by atoms with Crippen molar-refractivity contribution < 1.29 is 9.32 Å². The van der Waals surface area contributed by atoms with E-state index in [1.807, 2.05) is 4.90 Å². The highest BCUT2D eigenvalue weighted by atomic mass is 35.5. The number of halogens is 1. The Morgan fingerprint density at radius 2 is 2.20 bits per heavy atom. The zero-order valence-corrected chi connectivity index (χ0v) is 9.34. The lowest BCUT2D eigenvalue weighted by molar-refractivity contribution is 0.0734. The Morgan fingerprint density at radius 3 is 2.73 bits per heavy atom. The van der Waals surface area contributed by atoms with Crippen LogP contribution in [0.2, 0.25) is 0 Å². The molecule has 1 saturated heterocycles. The summed E-state index contributed by atoms with van der Waals surface area (Å²) in [6.07, 6.45) is 1.49. The molecular weight excluding hydrogens is 218 g/mol. The molecule has 0 aliphatic carbocycles. The van der Waals surface area contributed by atoms with Crippen LogP contribution in [-0.2, 0) is 0 Å². The number of nitrogens with zero attached hydrogens (tertiary/aromatic N) is 2. The Hall–Kier alpha value is -1.07. The summed E-state index contributed by atoms with van der Waals surface area (Å²) >= 11 is 0. The lowest BCUT2D eigenvalue weighted by Crippen LogP contribution is -2.46. The number of carbonyl (C=O) groups excluding carboxylic acids is 1. The Kier molecular flexibility index (Phi) is 4.11. The van der Waals surface area contributed by atoms with E-state index >= 15 is 0 Å². The molecule has 5 nitrogen and oxygen atoms in total. The van der Waals surface area contributed by atoms with Crippen molar-refractivity contribution in [3.05, 3.63) is 17.5 Å². The number of aromatic nitrogens is 1. The minimum atomic E-state index is 0. The van der Waals surface area contributed by atoms with E-state index in [1.165, 1.54) is 6.20 Å². The highest BCUT2D eigenvalue weighted by Crippen LogP contribution is 2.10. The van der Waals surface area contributed by atoms with Crippen molar-refractivity contribution in [2.75, 3.05) is 26.2 Å². The first-order valence-electron chi connectivity index (χ1n) is 4.70. The van der Waals surface area contributed by atoms with Crippen molar-refractivity contribution in [3.8, 4) is 0 Å². The molecule has 1 aliphatic heterocycles. The van der Waals surface area contributed by atoms with Crippen LogP contribution in [-0.4, -0.2) is 42.1 Å². The molecular formula is C9H14ClN3O2. The van der Waals surface area contributed by atoms with Crippen LogP contribution in [0.4, 0.5) is 0 Å². The maximum atomic E-state index is 11.9. The van der Waals surface area contributed by atoms with Gasteiger partial charge in [0.05, 0.1) is 6.20 Å². The van der Waals surface area contributed by atoms with Gasteiger partial charge in [-0.25, -0.2) is 0 Å². The van der Waals surface area contributed by atoms with Crippen LogP contribution < -0.4 is 5.32 Å². The van der Waals surface area contributed by atoms with Gasteiger partial charge in [0.15, 0.2) is 0 Å². The van der Waals surface area contributed by atoms with Gasteiger partial charge in [-0.3, -0.25) is 4.79 Å². The van der Waals surface area contributed by atoms with E-state index in [0.717, 1.165) is 26.2 Å². The number of carbonyl (C=O) groups is 1. The van der Waals surface area contributed by atoms with Gasteiger partial charge in [-0.1, -0.05) is 5.16 Å². The van der Waals surface area contributed by atoms with Crippen molar-refractivity contribution in [1.29, 1.82) is 0 Å². The molecule has 0 atom stereocenters. The van der Waals surface area contributed by atoms with Gasteiger partial charge in [0.1, 0.15) is 11.3 Å². The monoisotopic (exact) mass is 231 g/mol. The number of rotatable bonds is 1. The third-order valence-electron chi connectivity index (χ3n) is 2.39. The largest absolute Gasteiger partial charge is 0.361 e.